The standard InChI is InChI=1S/C12H16ClNO3/c1-16-10-5-3-4-9(12(10)17-2)8-14-11(15)6-7-13/h3-5H,6-8H2,1-2H3,(H,14,15). The second kappa shape index (κ2) is 7.01. The van der Waals surface area contributed by atoms with Crippen molar-refractivity contribution in [3.05, 3.63) is 23.8 Å². The van der Waals surface area contributed by atoms with Gasteiger partial charge in [0.25, 0.3) is 0 Å². The molecule has 4 nitrogen and oxygen atoms in total. The molecule has 0 saturated heterocycles. The third-order valence-electron chi connectivity index (χ3n) is 2.28. The number of halogens is 1. The van der Waals surface area contributed by atoms with Crippen LogP contribution in [0.4, 0.5) is 0 Å². The van der Waals surface area contributed by atoms with Crippen LogP contribution in [0.1, 0.15) is 12.0 Å². The molecule has 94 valence electrons. The highest BCUT2D eigenvalue weighted by atomic mass is 35.5. The lowest BCUT2D eigenvalue weighted by Crippen LogP contribution is -2.23. The van der Waals surface area contributed by atoms with Gasteiger partial charge in [-0.15, -0.1) is 11.6 Å². The van der Waals surface area contributed by atoms with Crippen molar-refractivity contribution < 1.29 is 14.3 Å². The fourth-order valence-electron chi connectivity index (χ4n) is 1.46. The SMILES string of the molecule is COc1cccc(CNC(=O)CCCl)c1OC. The number of ether oxygens (including phenoxy) is 2. The molecule has 0 radical (unpaired) electrons. The maximum atomic E-state index is 11.3. The van der Waals surface area contributed by atoms with Crippen molar-refractivity contribution in [3.63, 3.8) is 0 Å². The fraction of sp³-hybridized carbons (Fsp3) is 0.417. The fourth-order valence-corrected chi connectivity index (χ4v) is 1.63. The summed E-state index contributed by atoms with van der Waals surface area (Å²) in [5.41, 5.74) is 0.870. The minimum absolute atomic E-state index is 0.0788. The molecule has 0 atom stereocenters. The predicted molar refractivity (Wildman–Crippen MR) is 66.7 cm³/mol. The molecule has 0 aliphatic rings. The molecule has 17 heavy (non-hydrogen) atoms. The third kappa shape index (κ3) is 3.82. The van der Waals surface area contributed by atoms with Gasteiger partial charge >= 0.3 is 0 Å². The lowest BCUT2D eigenvalue weighted by Gasteiger charge is -2.12. The number of rotatable bonds is 6. The van der Waals surface area contributed by atoms with Crippen LogP contribution in [0, 0.1) is 0 Å². The monoisotopic (exact) mass is 257 g/mol. The van der Waals surface area contributed by atoms with Gasteiger partial charge in [-0.1, -0.05) is 12.1 Å². The van der Waals surface area contributed by atoms with Gasteiger partial charge in [-0.05, 0) is 6.07 Å². The van der Waals surface area contributed by atoms with Crippen LogP contribution in [-0.4, -0.2) is 26.0 Å². The van der Waals surface area contributed by atoms with Crippen LogP contribution < -0.4 is 14.8 Å². The normalized spacial score (nSPS) is 9.82. The molecule has 1 aromatic rings. The van der Waals surface area contributed by atoms with E-state index in [0.29, 0.717) is 30.3 Å². The largest absolute Gasteiger partial charge is 0.493 e. The first-order valence-corrected chi connectivity index (χ1v) is 5.79. The summed E-state index contributed by atoms with van der Waals surface area (Å²) in [5.74, 6) is 1.53. The van der Waals surface area contributed by atoms with Gasteiger partial charge in [0.15, 0.2) is 11.5 Å². The molecule has 1 aromatic carbocycles. The zero-order valence-corrected chi connectivity index (χ0v) is 10.7. The number of amides is 1. The van der Waals surface area contributed by atoms with E-state index >= 15 is 0 Å². The van der Waals surface area contributed by atoms with Gasteiger partial charge in [0, 0.05) is 24.4 Å². The second-order valence-electron chi connectivity index (χ2n) is 3.37. The molecule has 1 rings (SSSR count). The molecule has 0 aromatic heterocycles. The third-order valence-corrected chi connectivity index (χ3v) is 2.47. The molecule has 0 aliphatic carbocycles. The first kappa shape index (κ1) is 13.6. The van der Waals surface area contributed by atoms with Crippen molar-refractivity contribution >= 4 is 17.5 Å². The first-order chi connectivity index (χ1) is 8.22. The Morgan fingerprint density at radius 1 is 1.35 bits per heavy atom. The molecule has 0 fully saturated rings. The predicted octanol–water partition coefficient (Wildman–Crippen LogP) is 1.95. The van der Waals surface area contributed by atoms with Crippen molar-refractivity contribution in [2.45, 2.75) is 13.0 Å². The summed E-state index contributed by atoms with van der Waals surface area (Å²) in [5, 5.41) is 2.77. The number of carbonyl (C=O) groups excluding carboxylic acids is 1. The summed E-state index contributed by atoms with van der Waals surface area (Å²) < 4.78 is 10.4. The lowest BCUT2D eigenvalue weighted by atomic mass is 10.2. The summed E-state index contributed by atoms with van der Waals surface area (Å²) >= 11 is 5.48. The molecule has 5 heteroatoms. The Kier molecular flexibility index (Phi) is 5.63. The second-order valence-corrected chi connectivity index (χ2v) is 3.75. The van der Waals surface area contributed by atoms with Gasteiger partial charge < -0.3 is 14.8 Å². The number of carbonyl (C=O) groups is 1. The Hall–Kier alpha value is -1.42. The molecule has 0 bridgehead atoms. The van der Waals surface area contributed by atoms with E-state index in [9.17, 15) is 4.79 Å². The van der Waals surface area contributed by atoms with Gasteiger partial charge in [0.2, 0.25) is 5.91 Å². The van der Waals surface area contributed by atoms with Crippen LogP contribution >= 0.6 is 11.6 Å². The quantitative estimate of drug-likeness (QED) is 0.793. The highest BCUT2D eigenvalue weighted by Crippen LogP contribution is 2.30. The Labute approximate surface area is 106 Å². The Morgan fingerprint density at radius 3 is 2.71 bits per heavy atom. The highest BCUT2D eigenvalue weighted by Gasteiger charge is 2.10. The Morgan fingerprint density at radius 2 is 2.12 bits per heavy atom. The first-order valence-electron chi connectivity index (χ1n) is 5.25. The van der Waals surface area contributed by atoms with Gasteiger partial charge in [0.1, 0.15) is 0 Å². The maximum Gasteiger partial charge on any atom is 0.221 e. The zero-order valence-electron chi connectivity index (χ0n) is 9.96. The van der Waals surface area contributed by atoms with Crippen molar-refractivity contribution in [2.24, 2.45) is 0 Å². The molecule has 0 saturated carbocycles. The topological polar surface area (TPSA) is 47.6 Å². The van der Waals surface area contributed by atoms with Crippen molar-refractivity contribution in [3.8, 4) is 11.5 Å². The minimum Gasteiger partial charge on any atom is -0.493 e. The number of hydrogen-bond acceptors (Lipinski definition) is 3. The van der Waals surface area contributed by atoms with E-state index < -0.39 is 0 Å². The van der Waals surface area contributed by atoms with Gasteiger partial charge in [-0.25, -0.2) is 0 Å². The van der Waals surface area contributed by atoms with Crippen LogP contribution in [0.3, 0.4) is 0 Å². The Balaban J connectivity index is 2.73. The van der Waals surface area contributed by atoms with E-state index in [1.54, 1.807) is 14.2 Å². The Bertz CT molecular complexity index is 382. The number of methoxy groups -OCH3 is 2. The van der Waals surface area contributed by atoms with Crippen molar-refractivity contribution in [1.29, 1.82) is 0 Å². The minimum atomic E-state index is -0.0788. The van der Waals surface area contributed by atoms with E-state index in [0.717, 1.165) is 5.56 Å². The van der Waals surface area contributed by atoms with E-state index in [1.165, 1.54) is 0 Å². The summed E-state index contributed by atoms with van der Waals surface area (Å²) in [4.78, 5) is 11.3. The van der Waals surface area contributed by atoms with Gasteiger partial charge in [-0.3, -0.25) is 4.79 Å². The lowest BCUT2D eigenvalue weighted by molar-refractivity contribution is -0.120. The molecule has 0 unspecified atom stereocenters. The number of hydrogen-bond donors (Lipinski definition) is 1. The van der Waals surface area contributed by atoms with Crippen LogP contribution in [-0.2, 0) is 11.3 Å². The maximum absolute atomic E-state index is 11.3. The molecule has 0 spiro atoms. The number of para-hydroxylation sites is 1. The summed E-state index contributed by atoms with van der Waals surface area (Å²) in [6.45, 7) is 0.399. The van der Waals surface area contributed by atoms with Crippen molar-refractivity contribution in [1.82, 2.24) is 5.32 Å². The molecule has 0 heterocycles. The molecule has 1 amide bonds. The smallest absolute Gasteiger partial charge is 0.221 e. The van der Waals surface area contributed by atoms with Gasteiger partial charge in [-0.2, -0.15) is 0 Å². The molecule has 0 aliphatic heterocycles. The molecular formula is C12H16ClNO3. The zero-order chi connectivity index (χ0) is 12.7. The van der Waals surface area contributed by atoms with Crippen LogP contribution in [0.5, 0.6) is 11.5 Å². The molecule has 1 N–H and O–H groups in total. The number of benzene rings is 1. The van der Waals surface area contributed by atoms with Crippen LogP contribution in [0.2, 0.25) is 0 Å². The average molecular weight is 258 g/mol. The summed E-state index contributed by atoms with van der Waals surface area (Å²) in [7, 11) is 3.15. The van der Waals surface area contributed by atoms with E-state index in [-0.39, 0.29) is 5.91 Å². The highest BCUT2D eigenvalue weighted by molar-refractivity contribution is 6.18. The molecular weight excluding hydrogens is 242 g/mol. The average Bonchev–Trinajstić information content (AvgIpc) is 2.36. The summed E-state index contributed by atoms with van der Waals surface area (Å²) in [6, 6.07) is 5.54. The number of nitrogens with one attached hydrogen (secondary N) is 1. The van der Waals surface area contributed by atoms with E-state index in [4.69, 9.17) is 21.1 Å². The van der Waals surface area contributed by atoms with E-state index in [2.05, 4.69) is 5.32 Å². The van der Waals surface area contributed by atoms with Crippen LogP contribution in [0.15, 0.2) is 18.2 Å². The van der Waals surface area contributed by atoms with Gasteiger partial charge in [0.05, 0.1) is 14.2 Å². The van der Waals surface area contributed by atoms with Crippen LogP contribution in [0.25, 0.3) is 0 Å². The van der Waals surface area contributed by atoms with Crippen molar-refractivity contribution in [2.75, 3.05) is 20.1 Å². The summed E-state index contributed by atoms with van der Waals surface area (Å²) in [6.07, 6.45) is 0.313. The van der Waals surface area contributed by atoms with E-state index in [1.807, 2.05) is 18.2 Å². The number of alkyl halides is 1.